The number of carbonyl (C=O) groups is 1. The number of benzene rings is 1. The highest BCUT2D eigenvalue weighted by atomic mass is 16.5. The van der Waals surface area contributed by atoms with E-state index < -0.39 is 6.10 Å². The Bertz CT molecular complexity index is 457. The first kappa shape index (κ1) is 12.5. The summed E-state index contributed by atoms with van der Waals surface area (Å²) < 4.78 is 5.65. The van der Waals surface area contributed by atoms with Gasteiger partial charge in [-0.1, -0.05) is 18.2 Å². The Balaban J connectivity index is 1.53. The van der Waals surface area contributed by atoms with Gasteiger partial charge in [0.05, 0.1) is 0 Å². The van der Waals surface area contributed by atoms with E-state index in [1.54, 1.807) is 0 Å². The van der Waals surface area contributed by atoms with Crippen LogP contribution in [0.2, 0.25) is 0 Å². The van der Waals surface area contributed by atoms with E-state index in [-0.39, 0.29) is 17.9 Å². The van der Waals surface area contributed by atoms with E-state index in [1.165, 1.54) is 0 Å². The smallest absolute Gasteiger partial charge is 0.261 e. The molecule has 1 aliphatic carbocycles. The zero-order valence-corrected chi connectivity index (χ0v) is 10.9. The van der Waals surface area contributed by atoms with Crippen LogP contribution in [-0.4, -0.2) is 30.3 Å². The quantitative estimate of drug-likeness (QED) is 0.839. The number of carbonyl (C=O) groups excluding carboxylic acids is 1. The molecule has 3 rings (SSSR count). The molecule has 4 heteroatoms. The Morgan fingerprint density at radius 3 is 2.89 bits per heavy atom. The number of nitrogens with one attached hydrogen (secondary N) is 1. The van der Waals surface area contributed by atoms with Crippen LogP contribution in [0, 0.1) is 5.41 Å². The number of ether oxygens (including phenoxy) is 1. The van der Waals surface area contributed by atoms with Crippen molar-refractivity contribution in [3.8, 4) is 5.75 Å². The van der Waals surface area contributed by atoms with Crippen molar-refractivity contribution in [3.05, 3.63) is 29.8 Å². The highest BCUT2D eigenvalue weighted by Crippen LogP contribution is 2.47. The molecule has 0 saturated heterocycles. The number of fused-ring (bicyclic) bond motifs is 1. The summed E-state index contributed by atoms with van der Waals surface area (Å²) in [7, 11) is 0. The molecular formula is C15H19NO3. The first-order valence-corrected chi connectivity index (χ1v) is 6.86. The third-order valence-corrected chi connectivity index (χ3v) is 4.18. The van der Waals surface area contributed by atoms with Crippen molar-refractivity contribution in [3.63, 3.8) is 0 Å². The van der Waals surface area contributed by atoms with Crippen molar-refractivity contribution in [2.75, 3.05) is 13.2 Å². The molecule has 19 heavy (non-hydrogen) atoms. The lowest BCUT2D eigenvalue weighted by Gasteiger charge is -2.16. The van der Waals surface area contributed by atoms with Gasteiger partial charge in [0.1, 0.15) is 5.75 Å². The molecule has 1 amide bonds. The first-order valence-electron chi connectivity index (χ1n) is 6.86. The zero-order chi connectivity index (χ0) is 13.3. The standard InChI is InChI=1S/C15H19NO3/c17-8-7-15(5-6-15)10-16-14(18)13-9-11-3-1-2-4-12(11)19-13/h1-4,13,17H,5-10H2,(H,16,18). The topological polar surface area (TPSA) is 58.6 Å². The summed E-state index contributed by atoms with van der Waals surface area (Å²) in [6, 6.07) is 7.77. The molecule has 1 aliphatic heterocycles. The zero-order valence-electron chi connectivity index (χ0n) is 10.9. The molecule has 2 aliphatic rings. The molecule has 1 heterocycles. The van der Waals surface area contributed by atoms with Gasteiger partial charge in [0.2, 0.25) is 0 Å². The maximum absolute atomic E-state index is 12.1. The summed E-state index contributed by atoms with van der Waals surface area (Å²) in [5.74, 6) is 0.777. The van der Waals surface area contributed by atoms with Gasteiger partial charge in [-0.2, -0.15) is 0 Å². The average Bonchev–Trinajstić information content (AvgIpc) is 3.04. The monoisotopic (exact) mass is 261 g/mol. The minimum Gasteiger partial charge on any atom is -0.480 e. The van der Waals surface area contributed by atoms with E-state index in [2.05, 4.69) is 5.32 Å². The van der Waals surface area contributed by atoms with Crippen LogP contribution in [0.25, 0.3) is 0 Å². The maximum atomic E-state index is 12.1. The van der Waals surface area contributed by atoms with Crippen molar-refractivity contribution < 1.29 is 14.6 Å². The number of aliphatic hydroxyl groups is 1. The van der Waals surface area contributed by atoms with Gasteiger partial charge in [0.25, 0.3) is 5.91 Å². The van der Waals surface area contributed by atoms with Crippen molar-refractivity contribution in [1.29, 1.82) is 0 Å². The average molecular weight is 261 g/mol. The third-order valence-electron chi connectivity index (χ3n) is 4.18. The Morgan fingerprint density at radius 2 is 2.21 bits per heavy atom. The minimum absolute atomic E-state index is 0.0413. The Hall–Kier alpha value is -1.55. The predicted molar refractivity (Wildman–Crippen MR) is 70.9 cm³/mol. The number of aliphatic hydroxyl groups excluding tert-OH is 1. The highest BCUT2D eigenvalue weighted by Gasteiger charge is 2.42. The lowest BCUT2D eigenvalue weighted by molar-refractivity contribution is -0.127. The summed E-state index contributed by atoms with van der Waals surface area (Å²) in [6.07, 6.45) is 3.22. The summed E-state index contributed by atoms with van der Waals surface area (Å²) in [5.41, 5.74) is 1.25. The Morgan fingerprint density at radius 1 is 1.42 bits per heavy atom. The number of hydrogen-bond donors (Lipinski definition) is 2. The van der Waals surface area contributed by atoms with Gasteiger partial charge < -0.3 is 15.2 Å². The maximum Gasteiger partial charge on any atom is 0.261 e. The van der Waals surface area contributed by atoms with Gasteiger partial charge in [-0.3, -0.25) is 4.79 Å². The third kappa shape index (κ3) is 2.59. The summed E-state index contributed by atoms with van der Waals surface area (Å²) in [5, 5.41) is 12.0. The van der Waals surface area contributed by atoms with Gasteiger partial charge in [-0.25, -0.2) is 0 Å². The largest absolute Gasteiger partial charge is 0.480 e. The molecule has 0 spiro atoms. The van der Waals surface area contributed by atoms with E-state index in [1.807, 2.05) is 24.3 Å². The number of rotatable bonds is 5. The second-order valence-corrected chi connectivity index (χ2v) is 5.61. The normalized spacial score (nSPS) is 22.5. The van der Waals surface area contributed by atoms with Crippen molar-refractivity contribution in [2.24, 2.45) is 5.41 Å². The molecule has 1 aromatic carbocycles. The lowest BCUT2D eigenvalue weighted by atomic mass is 10.0. The van der Waals surface area contributed by atoms with E-state index >= 15 is 0 Å². The molecular weight excluding hydrogens is 242 g/mol. The van der Waals surface area contributed by atoms with Crippen LogP contribution in [0.1, 0.15) is 24.8 Å². The van der Waals surface area contributed by atoms with Crippen LogP contribution in [0.5, 0.6) is 5.75 Å². The molecule has 2 N–H and O–H groups in total. The fourth-order valence-corrected chi connectivity index (χ4v) is 2.65. The Labute approximate surface area is 112 Å². The van der Waals surface area contributed by atoms with Gasteiger partial charge >= 0.3 is 0 Å². The van der Waals surface area contributed by atoms with Crippen LogP contribution in [0.3, 0.4) is 0 Å². The van der Waals surface area contributed by atoms with Crippen molar-refractivity contribution in [2.45, 2.75) is 31.8 Å². The fourth-order valence-electron chi connectivity index (χ4n) is 2.65. The van der Waals surface area contributed by atoms with E-state index in [0.717, 1.165) is 30.6 Å². The van der Waals surface area contributed by atoms with Crippen LogP contribution >= 0.6 is 0 Å². The molecule has 1 atom stereocenters. The molecule has 4 nitrogen and oxygen atoms in total. The fraction of sp³-hybridized carbons (Fsp3) is 0.533. The molecule has 0 aromatic heterocycles. The van der Waals surface area contributed by atoms with Gasteiger partial charge in [0.15, 0.2) is 6.10 Å². The van der Waals surface area contributed by atoms with E-state index in [4.69, 9.17) is 9.84 Å². The molecule has 0 bridgehead atoms. The molecule has 1 unspecified atom stereocenters. The predicted octanol–water partition coefficient (Wildman–Crippen LogP) is 1.27. The van der Waals surface area contributed by atoms with Crippen LogP contribution in [-0.2, 0) is 11.2 Å². The second-order valence-electron chi connectivity index (χ2n) is 5.61. The highest BCUT2D eigenvalue weighted by molar-refractivity contribution is 5.82. The van der Waals surface area contributed by atoms with Gasteiger partial charge in [-0.15, -0.1) is 0 Å². The molecule has 1 aromatic rings. The number of para-hydroxylation sites is 1. The summed E-state index contributed by atoms with van der Waals surface area (Å²) in [6.45, 7) is 0.851. The van der Waals surface area contributed by atoms with Crippen LogP contribution in [0.15, 0.2) is 24.3 Å². The number of amides is 1. The van der Waals surface area contributed by atoms with Crippen LogP contribution in [0.4, 0.5) is 0 Å². The van der Waals surface area contributed by atoms with Gasteiger partial charge in [0, 0.05) is 19.6 Å². The molecule has 1 fully saturated rings. The number of hydrogen-bond acceptors (Lipinski definition) is 3. The SMILES string of the molecule is O=C(NCC1(CCO)CC1)C1Cc2ccccc2O1. The van der Waals surface area contributed by atoms with Gasteiger partial charge in [-0.05, 0) is 36.3 Å². The molecule has 1 saturated carbocycles. The molecule has 102 valence electrons. The second kappa shape index (κ2) is 4.85. The van der Waals surface area contributed by atoms with E-state index in [0.29, 0.717) is 13.0 Å². The summed E-state index contributed by atoms with van der Waals surface area (Å²) in [4.78, 5) is 12.1. The lowest BCUT2D eigenvalue weighted by Crippen LogP contribution is -2.40. The summed E-state index contributed by atoms with van der Waals surface area (Å²) >= 11 is 0. The van der Waals surface area contributed by atoms with Crippen molar-refractivity contribution >= 4 is 5.91 Å². The van der Waals surface area contributed by atoms with Crippen molar-refractivity contribution in [1.82, 2.24) is 5.32 Å². The minimum atomic E-state index is -0.401. The Kier molecular flexibility index (Phi) is 3.19. The molecule has 0 radical (unpaired) electrons. The van der Waals surface area contributed by atoms with E-state index in [9.17, 15) is 4.79 Å². The van der Waals surface area contributed by atoms with Crippen LogP contribution < -0.4 is 10.1 Å². The first-order chi connectivity index (χ1) is 9.22.